The Hall–Kier alpha value is -2.54. The topological polar surface area (TPSA) is 82.2 Å². The van der Waals surface area contributed by atoms with Crippen LogP contribution in [0.2, 0.25) is 0 Å². The van der Waals surface area contributed by atoms with Crippen LogP contribution in [0, 0.1) is 12.8 Å². The maximum Gasteiger partial charge on any atom is 0.256 e. The summed E-state index contributed by atoms with van der Waals surface area (Å²) in [5, 5.41) is 0. The standard InChI is InChI=1S/C25H33N5O2/c1-17-14-26-11-9-19(17)25(32)30-13-10-21-20(16-30)24(31)28-23(27-21)22-8-5-12-29(22)15-18-6-3-2-4-7-18/h9,11,14,18,22H,2-8,10,12-13,15-16H2,1H3,(H,27,28,31)/t22-/m1/s1. The average Bonchev–Trinajstić information content (AvgIpc) is 3.27. The van der Waals surface area contributed by atoms with Crippen molar-refractivity contribution in [3.05, 3.63) is 57.0 Å². The molecule has 2 fully saturated rings. The second-order valence-corrected chi connectivity index (χ2v) is 9.70. The summed E-state index contributed by atoms with van der Waals surface area (Å²) in [6.45, 7) is 5.00. The van der Waals surface area contributed by atoms with E-state index in [1.165, 1.54) is 32.1 Å². The zero-order valence-corrected chi connectivity index (χ0v) is 19.0. The molecule has 3 aliphatic rings. The van der Waals surface area contributed by atoms with E-state index in [-0.39, 0.29) is 17.5 Å². The molecule has 0 bridgehead atoms. The molecule has 2 aromatic rings. The minimum absolute atomic E-state index is 0.0477. The highest BCUT2D eigenvalue weighted by Gasteiger charge is 2.32. The van der Waals surface area contributed by atoms with Gasteiger partial charge in [-0.05, 0) is 56.7 Å². The van der Waals surface area contributed by atoms with Crippen LogP contribution in [-0.4, -0.2) is 50.3 Å². The minimum Gasteiger partial charge on any atom is -0.334 e. The van der Waals surface area contributed by atoms with Crippen LogP contribution < -0.4 is 5.56 Å². The first-order valence-corrected chi connectivity index (χ1v) is 12.2. The van der Waals surface area contributed by atoms with E-state index in [0.29, 0.717) is 30.6 Å². The van der Waals surface area contributed by atoms with Crippen molar-refractivity contribution in [2.75, 3.05) is 19.6 Å². The van der Waals surface area contributed by atoms with Gasteiger partial charge in [-0.15, -0.1) is 0 Å². The highest BCUT2D eigenvalue weighted by atomic mass is 16.2. The number of hydrogen-bond acceptors (Lipinski definition) is 5. The number of H-pyrrole nitrogens is 1. The lowest BCUT2D eigenvalue weighted by atomic mass is 9.89. The van der Waals surface area contributed by atoms with Crippen molar-refractivity contribution < 1.29 is 4.79 Å². The number of rotatable bonds is 4. The summed E-state index contributed by atoms with van der Waals surface area (Å²) < 4.78 is 0. The third-order valence-electron chi connectivity index (χ3n) is 7.52. The molecule has 2 aromatic heterocycles. The summed E-state index contributed by atoms with van der Waals surface area (Å²) in [5.74, 6) is 1.56. The second-order valence-electron chi connectivity index (χ2n) is 9.70. The Morgan fingerprint density at radius 2 is 2.00 bits per heavy atom. The molecule has 170 valence electrons. The van der Waals surface area contributed by atoms with Crippen molar-refractivity contribution in [3.8, 4) is 0 Å². The van der Waals surface area contributed by atoms with E-state index in [1.807, 2.05) is 6.92 Å². The fraction of sp³-hybridized carbons (Fsp3) is 0.600. The van der Waals surface area contributed by atoms with Crippen molar-refractivity contribution in [3.63, 3.8) is 0 Å². The molecule has 1 aliphatic carbocycles. The molecule has 0 radical (unpaired) electrons. The monoisotopic (exact) mass is 435 g/mol. The fourth-order valence-electron chi connectivity index (χ4n) is 5.71. The molecule has 1 amide bonds. The van der Waals surface area contributed by atoms with Crippen molar-refractivity contribution in [1.29, 1.82) is 0 Å². The van der Waals surface area contributed by atoms with Crippen LogP contribution in [-0.2, 0) is 13.0 Å². The lowest BCUT2D eigenvalue weighted by Crippen LogP contribution is -2.40. The van der Waals surface area contributed by atoms with Crippen molar-refractivity contribution >= 4 is 5.91 Å². The van der Waals surface area contributed by atoms with Crippen LogP contribution in [0.5, 0.6) is 0 Å². The Balaban J connectivity index is 1.33. The fourth-order valence-corrected chi connectivity index (χ4v) is 5.71. The third kappa shape index (κ3) is 4.22. The van der Waals surface area contributed by atoms with Gasteiger partial charge in [-0.1, -0.05) is 19.3 Å². The Bertz CT molecular complexity index is 1040. The smallest absolute Gasteiger partial charge is 0.256 e. The SMILES string of the molecule is Cc1cnccc1C(=O)N1CCc2nc([C@H]3CCCN3CC3CCCCC3)[nH]c(=O)c2C1. The first-order chi connectivity index (χ1) is 15.6. The van der Waals surface area contributed by atoms with Crippen molar-refractivity contribution in [2.24, 2.45) is 5.92 Å². The van der Waals surface area contributed by atoms with Gasteiger partial charge in [0, 0.05) is 37.5 Å². The van der Waals surface area contributed by atoms with Crippen LogP contribution >= 0.6 is 0 Å². The summed E-state index contributed by atoms with van der Waals surface area (Å²) >= 11 is 0. The molecule has 2 aliphatic heterocycles. The van der Waals surface area contributed by atoms with Gasteiger partial charge in [-0.25, -0.2) is 4.98 Å². The van der Waals surface area contributed by atoms with Crippen LogP contribution in [0.25, 0.3) is 0 Å². The quantitative estimate of drug-likeness (QED) is 0.796. The summed E-state index contributed by atoms with van der Waals surface area (Å²) in [4.78, 5) is 42.5. The number of aromatic nitrogens is 3. The lowest BCUT2D eigenvalue weighted by molar-refractivity contribution is 0.0731. The molecular weight excluding hydrogens is 402 g/mol. The van der Waals surface area contributed by atoms with Gasteiger partial charge in [0.15, 0.2) is 0 Å². The van der Waals surface area contributed by atoms with E-state index in [9.17, 15) is 9.59 Å². The number of amides is 1. The number of hydrogen-bond donors (Lipinski definition) is 1. The van der Waals surface area contributed by atoms with Gasteiger partial charge in [0.1, 0.15) is 5.82 Å². The number of aromatic amines is 1. The normalized spacial score (nSPS) is 22.2. The van der Waals surface area contributed by atoms with E-state index in [0.717, 1.165) is 48.9 Å². The van der Waals surface area contributed by atoms with E-state index < -0.39 is 0 Å². The molecule has 1 saturated heterocycles. The summed E-state index contributed by atoms with van der Waals surface area (Å²) in [5.41, 5.74) is 2.91. The van der Waals surface area contributed by atoms with E-state index in [2.05, 4.69) is 14.9 Å². The molecule has 5 rings (SSSR count). The van der Waals surface area contributed by atoms with Gasteiger partial charge in [0.05, 0.1) is 23.8 Å². The average molecular weight is 436 g/mol. The van der Waals surface area contributed by atoms with E-state index in [1.54, 1.807) is 23.4 Å². The van der Waals surface area contributed by atoms with Gasteiger partial charge in [-0.2, -0.15) is 0 Å². The number of likely N-dealkylation sites (tertiary alicyclic amines) is 1. The Morgan fingerprint density at radius 1 is 1.16 bits per heavy atom. The number of fused-ring (bicyclic) bond motifs is 1. The summed E-state index contributed by atoms with van der Waals surface area (Å²) in [6.07, 6.45) is 12.9. The number of pyridine rings is 1. The van der Waals surface area contributed by atoms with Gasteiger partial charge in [0.2, 0.25) is 0 Å². The van der Waals surface area contributed by atoms with Gasteiger partial charge >= 0.3 is 0 Å². The van der Waals surface area contributed by atoms with Gasteiger partial charge < -0.3 is 9.88 Å². The van der Waals surface area contributed by atoms with Crippen LogP contribution in [0.3, 0.4) is 0 Å². The number of carbonyl (C=O) groups excluding carboxylic acids is 1. The molecular formula is C25H33N5O2. The van der Waals surface area contributed by atoms with E-state index >= 15 is 0 Å². The molecule has 32 heavy (non-hydrogen) atoms. The first kappa shape index (κ1) is 21.3. The van der Waals surface area contributed by atoms with Crippen molar-refractivity contribution in [1.82, 2.24) is 24.8 Å². The summed E-state index contributed by atoms with van der Waals surface area (Å²) in [7, 11) is 0. The lowest BCUT2D eigenvalue weighted by Gasteiger charge is -2.31. The minimum atomic E-state index is -0.0848. The molecule has 0 aromatic carbocycles. The molecule has 1 saturated carbocycles. The zero-order valence-electron chi connectivity index (χ0n) is 19.0. The molecule has 1 atom stereocenters. The van der Waals surface area contributed by atoms with Crippen LogP contribution in [0.1, 0.15) is 84.0 Å². The first-order valence-electron chi connectivity index (χ1n) is 12.2. The van der Waals surface area contributed by atoms with Crippen LogP contribution in [0.15, 0.2) is 23.3 Å². The maximum atomic E-state index is 13.0. The summed E-state index contributed by atoms with van der Waals surface area (Å²) in [6, 6.07) is 1.97. The Kier molecular flexibility index (Phi) is 6.09. The molecule has 1 N–H and O–H groups in total. The van der Waals surface area contributed by atoms with Crippen molar-refractivity contribution in [2.45, 2.75) is 70.9 Å². The molecule has 7 nitrogen and oxygen atoms in total. The van der Waals surface area contributed by atoms with Gasteiger partial charge in [-0.3, -0.25) is 19.5 Å². The number of carbonyl (C=O) groups is 1. The largest absolute Gasteiger partial charge is 0.334 e. The highest BCUT2D eigenvalue weighted by molar-refractivity contribution is 5.95. The predicted octanol–water partition coefficient (Wildman–Crippen LogP) is 3.39. The van der Waals surface area contributed by atoms with Crippen LogP contribution in [0.4, 0.5) is 0 Å². The highest BCUT2D eigenvalue weighted by Crippen LogP contribution is 2.33. The number of aryl methyl sites for hydroxylation is 1. The molecule has 4 heterocycles. The molecule has 0 unspecified atom stereocenters. The third-order valence-corrected chi connectivity index (χ3v) is 7.52. The van der Waals surface area contributed by atoms with E-state index in [4.69, 9.17) is 4.98 Å². The second kappa shape index (κ2) is 9.14. The Labute approximate surface area is 189 Å². The van der Waals surface area contributed by atoms with Gasteiger partial charge in [0.25, 0.3) is 11.5 Å². The predicted molar refractivity (Wildman–Crippen MR) is 122 cm³/mol. The number of nitrogens with one attached hydrogen (secondary N) is 1. The number of nitrogens with zero attached hydrogens (tertiary/aromatic N) is 4. The zero-order chi connectivity index (χ0) is 22.1. The molecule has 7 heteroatoms. The molecule has 0 spiro atoms. The maximum absolute atomic E-state index is 13.0. The Morgan fingerprint density at radius 3 is 2.81 bits per heavy atom.